The zero-order chi connectivity index (χ0) is 31.9. The summed E-state index contributed by atoms with van der Waals surface area (Å²) >= 11 is -2.74. The van der Waals surface area contributed by atoms with Gasteiger partial charge in [-0.25, -0.2) is 0 Å². The van der Waals surface area contributed by atoms with Crippen molar-refractivity contribution in [3.8, 4) is 22.3 Å². The van der Waals surface area contributed by atoms with E-state index in [1.165, 1.54) is 52.8 Å². The monoisotopic (exact) mass is 738 g/mol. The second kappa shape index (κ2) is 12.9. The second-order valence-electron chi connectivity index (χ2n) is 16.6. The standard InChI is InChI=1S/C22H25.C20H21.C2H4.2ClH.Zr/c1-15(2)18-13-17-7-6-8-20(21(17)14-18)16-9-11-19(12-10-16)22(3,4)5;1-14-12-16-6-5-7-18(19(16)13-14)15-8-10-17(11-9-15)20(2,3)4;1-2;;;/h6-15H,1-5H3;5-13H,1-4H3;1-2H2;2*1H;/q;;;;;+2/p-2. The molecule has 1 fully saturated rings. The third-order valence-corrected chi connectivity index (χ3v) is 24.3. The van der Waals surface area contributed by atoms with Gasteiger partial charge in [-0.15, -0.1) is 0 Å². The number of hydrogen-bond acceptors (Lipinski definition) is 0. The smallest absolute Gasteiger partial charge is 1.00 e. The van der Waals surface area contributed by atoms with E-state index in [0.29, 0.717) is 13.2 Å². The number of halogens is 2. The Hall–Kier alpha value is -2.18. The van der Waals surface area contributed by atoms with Gasteiger partial charge < -0.3 is 24.8 Å². The number of hydrogen-bond donors (Lipinski definition) is 0. The predicted molar refractivity (Wildman–Crippen MR) is 193 cm³/mol. The van der Waals surface area contributed by atoms with E-state index < -0.39 is 20.3 Å². The molecule has 0 amide bonds. The molecule has 4 aromatic carbocycles. The van der Waals surface area contributed by atoms with Crippen LogP contribution in [0.1, 0.15) is 103 Å². The fraction of sp³-hybridized carbons (Fsp3) is 0.364. The summed E-state index contributed by atoms with van der Waals surface area (Å²) in [5.41, 5.74) is 18.3. The van der Waals surface area contributed by atoms with Crippen molar-refractivity contribution in [2.24, 2.45) is 5.92 Å². The zero-order valence-corrected chi connectivity index (χ0v) is 33.6. The molecule has 0 N–H and O–H groups in total. The molecule has 3 heteroatoms. The molecule has 2 atom stereocenters. The third-order valence-electron chi connectivity index (χ3n) is 11.1. The Balaban J connectivity index is 0.00000217. The Morgan fingerprint density at radius 1 is 0.574 bits per heavy atom. The first kappa shape index (κ1) is 36.1. The minimum atomic E-state index is -2.74. The number of allylic oxidation sites excluding steroid dienone is 2. The Bertz CT molecular complexity index is 1840. The first-order chi connectivity index (χ1) is 21.3. The van der Waals surface area contributed by atoms with Gasteiger partial charge in [0.2, 0.25) is 0 Å². The molecule has 2 unspecified atom stereocenters. The Morgan fingerprint density at radius 3 is 1.40 bits per heavy atom. The summed E-state index contributed by atoms with van der Waals surface area (Å²) in [6.07, 6.45) is 5.21. The van der Waals surface area contributed by atoms with E-state index in [-0.39, 0.29) is 35.6 Å². The van der Waals surface area contributed by atoms with Crippen molar-refractivity contribution in [2.75, 3.05) is 0 Å². The fourth-order valence-electron chi connectivity index (χ4n) is 8.57. The van der Waals surface area contributed by atoms with E-state index in [2.05, 4.69) is 159 Å². The van der Waals surface area contributed by atoms with Gasteiger partial charge in [-0.05, 0) is 0 Å². The van der Waals surface area contributed by atoms with Gasteiger partial charge in [-0.3, -0.25) is 0 Å². The molecule has 1 aliphatic heterocycles. The van der Waals surface area contributed by atoms with Gasteiger partial charge in [0.05, 0.1) is 0 Å². The van der Waals surface area contributed by atoms with E-state index in [1.807, 2.05) is 0 Å². The minimum Gasteiger partial charge on any atom is -1.00 e. The number of fused-ring (bicyclic) bond motifs is 2. The molecular formula is C44H50Cl2Zr. The number of rotatable bonds is 5. The van der Waals surface area contributed by atoms with Gasteiger partial charge >= 0.3 is 279 Å². The van der Waals surface area contributed by atoms with Gasteiger partial charge in [-0.1, -0.05) is 0 Å². The van der Waals surface area contributed by atoms with Crippen LogP contribution in [-0.2, 0) is 31.1 Å². The summed E-state index contributed by atoms with van der Waals surface area (Å²) in [6, 6.07) is 33.2. The zero-order valence-electron chi connectivity index (χ0n) is 29.6. The van der Waals surface area contributed by atoms with E-state index in [9.17, 15) is 0 Å². The van der Waals surface area contributed by atoms with Gasteiger partial charge in [0.1, 0.15) is 0 Å². The maximum absolute atomic E-state index is 2.74. The molecule has 1 saturated heterocycles. The second-order valence-corrected chi connectivity index (χ2v) is 27.9. The van der Waals surface area contributed by atoms with Crippen LogP contribution in [0.3, 0.4) is 0 Å². The summed E-state index contributed by atoms with van der Waals surface area (Å²) in [6.45, 7) is 21.1. The first-order valence-electron chi connectivity index (χ1n) is 17.2. The summed E-state index contributed by atoms with van der Waals surface area (Å²) in [4.78, 5) is 0. The van der Waals surface area contributed by atoms with Crippen LogP contribution in [0.4, 0.5) is 0 Å². The molecule has 7 rings (SSSR count). The van der Waals surface area contributed by atoms with Crippen molar-refractivity contribution in [1.82, 2.24) is 0 Å². The van der Waals surface area contributed by atoms with Crippen molar-refractivity contribution in [3.05, 3.63) is 129 Å². The molecule has 0 bridgehead atoms. The summed E-state index contributed by atoms with van der Waals surface area (Å²) < 4.78 is 4.31. The third kappa shape index (κ3) is 6.24. The van der Waals surface area contributed by atoms with Gasteiger partial charge in [0.25, 0.3) is 0 Å². The van der Waals surface area contributed by atoms with E-state index in [1.54, 1.807) is 22.3 Å². The van der Waals surface area contributed by atoms with Crippen LogP contribution in [0.5, 0.6) is 0 Å². The Morgan fingerprint density at radius 2 is 1.00 bits per heavy atom. The van der Waals surface area contributed by atoms with Crippen molar-refractivity contribution >= 4 is 12.2 Å². The van der Waals surface area contributed by atoms with Crippen molar-refractivity contribution in [3.63, 3.8) is 0 Å². The van der Waals surface area contributed by atoms with E-state index >= 15 is 0 Å². The maximum Gasteiger partial charge on any atom is -1.00 e. The van der Waals surface area contributed by atoms with Gasteiger partial charge in [0, 0.05) is 0 Å². The summed E-state index contributed by atoms with van der Waals surface area (Å²) in [7, 11) is 0. The van der Waals surface area contributed by atoms with Crippen LogP contribution < -0.4 is 24.8 Å². The Kier molecular flexibility index (Phi) is 9.94. The molecular weight excluding hydrogens is 691 g/mol. The number of benzene rings is 4. The molecule has 1 heterocycles. The Labute approximate surface area is 301 Å². The molecule has 0 nitrogen and oxygen atoms in total. The molecule has 3 aliphatic rings. The molecule has 0 saturated carbocycles. The fourth-order valence-corrected chi connectivity index (χ4v) is 26.5. The average molecular weight is 741 g/mol. The first-order valence-corrected chi connectivity index (χ1v) is 23.5. The van der Waals surface area contributed by atoms with Crippen LogP contribution in [0.15, 0.2) is 96.1 Å². The summed E-state index contributed by atoms with van der Waals surface area (Å²) in [5, 5.41) is 0. The average Bonchev–Trinajstić information content (AvgIpc) is 3.54. The van der Waals surface area contributed by atoms with Crippen molar-refractivity contribution in [2.45, 2.75) is 88.7 Å². The summed E-state index contributed by atoms with van der Waals surface area (Å²) in [5.74, 6) is 0.561. The van der Waals surface area contributed by atoms with Crippen molar-refractivity contribution < 1.29 is 45.1 Å². The molecule has 0 aromatic heterocycles. The normalized spacial score (nSPS) is 18.6. The van der Waals surface area contributed by atoms with Crippen LogP contribution >= 0.6 is 0 Å². The SMILES string of the molecule is CC1=Cc2c(-c3ccc(C(C)(C)C)cc3)cccc2[CH]1[Zr+2]1([CH]2C(C(C)C)=Cc3c(-c4ccc(C(C)(C)C)cc4)cccc32)[CH2][CH2]1.[Cl-].[Cl-]. The quantitative estimate of drug-likeness (QED) is 0.210. The van der Waals surface area contributed by atoms with E-state index in [0.717, 1.165) is 0 Å². The van der Waals surface area contributed by atoms with Crippen molar-refractivity contribution in [1.29, 1.82) is 0 Å². The van der Waals surface area contributed by atoms with Gasteiger partial charge in [-0.2, -0.15) is 0 Å². The van der Waals surface area contributed by atoms with Crippen LogP contribution in [0, 0.1) is 5.92 Å². The molecule has 2 aliphatic carbocycles. The topological polar surface area (TPSA) is 0 Å². The molecule has 0 spiro atoms. The maximum atomic E-state index is 2.64. The van der Waals surface area contributed by atoms with Crippen LogP contribution in [0.2, 0.25) is 8.26 Å². The van der Waals surface area contributed by atoms with Crippen LogP contribution in [0.25, 0.3) is 34.4 Å². The molecule has 244 valence electrons. The molecule has 4 aromatic rings. The van der Waals surface area contributed by atoms with Crippen LogP contribution in [-0.4, -0.2) is 0 Å². The van der Waals surface area contributed by atoms with Gasteiger partial charge in [0.15, 0.2) is 0 Å². The molecule has 47 heavy (non-hydrogen) atoms. The minimum absolute atomic E-state index is 0. The largest absolute Gasteiger partial charge is 1.00 e. The van der Waals surface area contributed by atoms with E-state index in [4.69, 9.17) is 0 Å². The molecule has 0 radical (unpaired) electrons. The predicted octanol–water partition coefficient (Wildman–Crippen LogP) is 6.88.